The van der Waals surface area contributed by atoms with Crippen LogP contribution in [0.3, 0.4) is 0 Å². The van der Waals surface area contributed by atoms with Crippen molar-refractivity contribution in [3.8, 4) is 5.75 Å². The Morgan fingerprint density at radius 3 is 2.56 bits per heavy atom. The number of ether oxygens (including phenoxy) is 2. The maximum absolute atomic E-state index is 12.4. The van der Waals surface area contributed by atoms with Crippen LogP contribution in [0.2, 0.25) is 0 Å². The minimum atomic E-state index is -0.879. The number of hydrogen-bond acceptors (Lipinski definition) is 6. The number of carbonyl (C=O) groups excluding carboxylic acids is 3. The molecule has 2 aromatic rings. The smallest absolute Gasteiger partial charge is 0.329 e. The summed E-state index contributed by atoms with van der Waals surface area (Å²) in [7, 11) is 0. The van der Waals surface area contributed by atoms with Crippen LogP contribution in [0.1, 0.15) is 35.1 Å². The predicted octanol–water partition coefficient (Wildman–Crippen LogP) is 2.37. The van der Waals surface area contributed by atoms with Gasteiger partial charge in [0.05, 0.1) is 12.3 Å². The molecule has 0 spiro atoms. The molecule has 3 rings (SSSR count). The zero-order chi connectivity index (χ0) is 24.5. The lowest BCUT2D eigenvalue weighted by atomic mass is 10.1. The topological polar surface area (TPSA) is 118 Å². The van der Waals surface area contributed by atoms with Gasteiger partial charge in [-0.3, -0.25) is 14.4 Å². The largest absolute Gasteiger partial charge is 0.483 e. The molecule has 9 nitrogen and oxygen atoms in total. The molecule has 2 aromatic carbocycles. The van der Waals surface area contributed by atoms with Gasteiger partial charge in [-0.15, -0.1) is 0 Å². The molecule has 0 radical (unpaired) electrons. The number of nitrogens with zero attached hydrogens (tertiary/aromatic N) is 1. The molecule has 34 heavy (non-hydrogen) atoms. The average Bonchev–Trinajstić information content (AvgIpc) is 3.32. The van der Waals surface area contributed by atoms with Gasteiger partial charge in [0.2, 0.25) is 0 Å². The van der Waals surface area contributed by atoms with Crippen molar-refractivity contribution in [2.45, 2.75) is 39.7 Å². The summed E-state index contributed by atoms with van der Waals surface area (Å²) < 4.78 is 11.1. The van der Waals surface area contributed by atoms with Crippen LogP contribution in [0.25, 0.3) is 0 Å². The van der Waals surface area contributed by atoms with E-state index in [1.165, 1.54) is 6.21 Å². The molecule has 1 aliphatic rings. The molecular formula is C25H30N4O5. The maximum atomic E-state index is 12.4. The third kappa shape index (κ3) is 7.14. The summed E-state index contributed by atoms with van der Waals surface area (Å²) in [6.07, 6.45) is 3.11. The van der Waals surface area contributed by atoms with Crippen LogP contribution < -0.4 is 20.8 Å². The van der Waals surface area contributed by atoms with Crippen LogP contribution in [-0.2, 0) is 19.1 Å². The Labute approximate surface area is 198 Å². The third-order valence-corrected chi connectivity index (χ3v) is 5.31. The van der Waals surface area contributed by atoms with E-state index < -0.39 is 11.8 Å². The van der Waals surface area contributed by atoms with Gasteiger partial charge in [0.25, 0.3) is 5.91 Å². The molecule has 0 aliphatic carbocycles. The quantitative estimate of drug-likeness (QED) is 0.314. The van der Waals surface area contributed by atoms with Gasteiger partial charge in [0, 0.05) is 24.4 Å². The monoisotopic (exact) mass is 466 g/mol. The Hall–Kier alpha value is -3.72. The fraction of sp³-hybridized carbons (Fsp3) is 0.360. The lowest BCUT2D eigenvalue weighted by Gasteiger charge is -2.14. The van der Waals surface area contributed by atoms with Gasteiger partial charge >= 0.3 is 11.8 Å². The van der Waals surface area contributed by atoms with Gasteiger partial charge in [0.15, 0.2) is 6.61 Å². The first-order valence-corrected chi connectivity index (χ1v) is 11.2. The Morgan fingerprint density at radius 1 is 1.12 bits per heavy atom. The Kier molecular flexibility index (Phi) is 8.75. The second-order valence-corrected chi connectivity index (χ2v) is 8.19. The van der Waals surface area contributed by atoms with E-state index in [4.69, 9.17) is 9.47 Å². The van der Waals surface area contributed by atoms with E-state index in [0.29, 0.717) is 17.9 Å². The van der Waals surface area contributed by atoms with E-state index in [1.807, 2.05) is 32.9 Å². The van der Waals surface area contributed by atoms with Crippen LogP contribution in [0.4, 0.5) is 5.69 Å². The summed E-state index contributed by atoms with van der Waals surface area (Å²) in [6, 6.07) is 10.9. The van der Waals surface area contributed by atoms with Crippen molar-refractivity contribution in [3.63, 3.8) is 0 Å². The number of hydrogen-bond donors (Lipinski definition) is 3. The van der Waals surface area contributed by atoms with Crippen molar-refractivity contribution in [2.24, 2.45) is 5.10 Å². The molecule has 3 N–H and O–H groups in total. The second kappa shape index (κ2) is 11.9. The molecule has 9 heteroatoms. The maximum Gasteiger partial charge on any atom is 0.329 e. The Morgan fingerprint density at radius 2 is 1.85 bits per heavy atom. The summed E-state index contributed by atoms with van der Waals surface area (Å²) in [5.74, 6) is -1.54. The first-order chi connectivity index (χ1) is 16.3. The van der Waals surface area contributed by atoms with Gasteiger partial charge in [-0.2, -0.15) is 5.10 Å². The molecule has 0 saturated carbocycles. The van der Waals surface area contributed by atoms with E-state index in [2.05, 4.69) is 21.2 Å². The van der Waals surface area contributed by atoms with Gasteiger partial charge in [-0.05, 0) is 56.9 Å². The van der Waals surface area contributed by atoms with Gasteiger partial charge < -0.3 is 20.1 Å². The molecule has 1 fully saturated rings. The van der Waals surface area contributed by atoms with E-state index in [0.717, 1.165) is 35.2 Å². The van der Waals surface area contributed by atoms with Crippen molar-refractivity contribution < 1.29 is 23.9 Å². The minimum Gasteiger partial charge on any atom is -0.483 e. The standard InChI is InChI=1S/C25H30N4O5/c1-16-11-17(2)23(18(3)12-16)28-22(30)15-34-21-9-5-4-7-19(21)13-27-29-25(32)24(31)26-14-20-8-6-10-33-20/h4-5,7,9,11-13,20H,6,8,10,14-15H2,1-3H3,(H,26,31)(H,28,30)(H,29,32)/b27-13-/t20-/m1/s1. The molecule has 3 amide bonds. The SMILES string of the molecule is Cc1cc(C)c(NC(=O)COc2ccccc2/C=N\NC(=O)C(=O)NC[C@H]2CCCO2)c(C)c1. The number of amides is 3. The van der Waals surface area contributed by atoms with Crippen LogP contribution in [0.15, 0.2) is 41.5 Å². The lowest BCUT2D eigenvalue weighted by Crippen LogP contribution is -2.41. The first kappa shape index (κ1) is 24.9. The van der Waals surface area contributed by atoms with Crippen LogP contribution in [0.5, 0.6) is 5.75 Å². The highest BCUT2D eigenvalue weighted by Gasteiger charge is 2.19. The molecule has 0 aromatic heterocycles. The summed E-state index contributed by atoms with van der Waals surface area (Å²) in [4.78, 5) is 36.2. The van der Waals surface area contributed by atoms with Gasteiger partial charge in [-0.25, -0.2) is 5.43 Å². The predicted molar refractivity (Wildman–Crippen MR) is 129 cm³/mol. The zero-order valence-electron chi connectivity index (χ0n) is 19.6. The molecule has 1 atom stereocenters. The Balaban J connectivity index is 1.51. The lowest BCUT2D eigenvalue weighted by molar-refractivity contribution is -0.139. The van der Waals surface area contributed by atoms with Gasteiger partial charge in [-0.1, -0.05) is 29.8 Å². The zero-order valence-corrected chi connectivity index (χ0v) is 19.6. The van der Waals surface area contributed by atoms with Crippen molar-refractivity contribution in [1.82, 2.24) is 10.7 Å². The number of benzene rings is 2. The first-order valence-electron chi connectivity index (χ1n) is 11.2. The Bertz CT molecular complexity index is 1050. The average molecular weight is 467 g/mol. The number of rotatable bonds is 8. The van der Waals surface area contributed by atoms with Crippen molar-refractivity contribution in [2.75, 3.05) is 25.1 Å². The van der Waals surface area contributed by atoms with Crippen LogP contribution in [-0.4, -0.2) is 49.8 Å². The van der Waals surface area contributed by atoms with E-state index in [1.54, 1.807) is 24.3 Å². The minimum absolute atomic E-state index is 0.0553. The fourth-order valence-electron chi connectivity index (χ4n) is 3.72. The van der Waals surface area contributed by atoms with E-state index in [9.17, 15) is 14.4 Å². The highest BCUT2D eigenvalue weighted by molar-refractivity contribution is 6.35. The molecule has 1 saturated heterocycles. The van der Waals surface area contributed by atoms with Crippen LogP contribution >= 0.6 is 0 Å². The van der Waals surface area contributed by atoms with Crippen molar-refractivity contribution >= 4 is 29.6 Å². The summed E-state index contributed by atoms with van der Waals surface area (Å²) >= 11 is 0. The van der Waals surface area contributed by atoms with Gasteiger partial charge in [0.1, 0.15) is 5.75 Å². The normalized spacial score (nSPS) is 15.2. The number of anilines is 1. The van der Waals surface area contributed by atoms with Crippen molar-refractivity contribution in [1.29, 1.82) is 0 Å². The number of para-hydroxylation sites is 1. The number of nitrogens with one attached hydrogen (secondary N) is 3. The summed E-state index contributed by atoms with van der Waals surface area (Å²) in [5, 5.41) is 9.25. The molecule has 1 aliphatic heterocycles. The second-order valence-electron chi connectivity index (χ2n) is 8.19. The highest BCUT2D eigenvalue weighted by Crippen LogP contribution is 2.22. The van der Waals surface area contributed by atoms with Crippen LogP contribution in [0, 0.1) is 20.8 Å². The third-order valence-electron chi connectivity index (χ3n) is 5.31. The number of hydrazone groups is 1. The molecular weight excluding hydrogens is 436 g/mol. The van der Waals surface area contributed by atoms with E-state index >= 15 is 0 Å². The molecule has 0 unspecified atom stereocenters. The molecule has 1 heterocycles. The highest BCUT2D eigenvalue weighted by atomic mass is 16.5. The molecule has 0 bridgehead atoms. The number of aryl methyl sites for hydroxylation is 3. The molecule has 180 valence electrons. The van der Waals surface area contributed by atoms with E-state index in [-0.39, 0.29) is 25.2 Å². The summed E-state index contributed by atoms with van der Waals surface area (Å²) in [5.41, 5.74) is 6.59. The number of carbonyl (C=O) groups is 3. The summed E-state index contributed by atoms with van der Waals surface area (Å²) in [6.45, 7) is 6.66. The van der Waals surface area contributed by atoms with Crippen molar-refractivity contribution in [3.05, 3.63) is 58.7 Å². The fourth-order valence-corrected chi connectivity index (χ4v) is 3.72.